The van der Waals surface area contributed by atoms with Gasteiger partial charge in [-0.1, -0.05) is 19.1 Å². The molecule has 2 rings (SSSR count). The lowest BCUT2D eigenvalue weighted by Gasteiger charge is -2.30. The molecule has 4 nitrogen and oxygen atoms in total. The van der Waals surface area contributed by atoms with E-state index in [0.717, 1.165) is 17.5 Å². The Labute approximate surface area is 94.1 Å². The Hall–Kier alpha value is -1.55. The summed E-state index contributed by atoms with van der Waals surface area (Å²) in [5.41, 5.74) is 2.46. The molecular weight excluding hydrogens is 206 g/mol. The number of hydrogen-bond acceptors (Lipinski definition) is 2. The predicted molar refractivity (Wildman–Crippen MR) is 60.8 cm³/mol. The van der Waals surface area contributed by atoms with E-state index in [1.807, 2.05) is 19.1 Å². The van der Waals surface area contributed by atoms with Crippen LogP contribution in [0.3, 0.4) is 0 Å². The fourth-order valence-corrected chi connectivity index (χ4v) is 2.06. The van der Waals surface area contributed by atoms with Gasteiger partial charge >= 0.3 is 6.09 Å². The lowest BCUT2D eigenvalue weighted by molar-refractivity contribution is 0.160. The first-order chi connectivity index (χ1) is 7.63. The number of benzene rings is 1. The highest BCUT2D eigenvalue weighted by Gasteiger charge is 2.27. The summed E-state index contributed by atoms with van der Waals surface area (Å²) in [6.07, 6.45) is -0.158. The number of amides is 1. The normalized spacial score (nSPS) is 19.4. The second kappa shape index (κ2) is 4.14. The molecule has 0 spiro atoms. The van der Waals surface area contributed by atoms with Crippen molar-refractivity contribution in [3.63, 3.8) is 0 Å². The number of nitrogens with zero attached hydrogens (tertiary/aromatic N) is 1. The second-order valence-electron chi connectivity index (χ2n) is 3.99. The Morgan fingerprint density at radius 3 is 2.94 bits per heavy atom. The number of anilines is 1. The molecule has 1 aliphatic heterocycles. The number of fused-ring (bicyclic) bond motifs is 1. The minimum Gasteiger partial charge on any atom is -0.465 e. The van der Waals surface area contributed by atoms with Crippen molar-refractivity contribution in [2.45, 2.75) is 25.9 Å². The molecule has 0 radical (unpaired) electrons. The van der Waals surface area contributed by atoms with Crippen LogP contribution in [0.4, 0.5) is 10.5 Å². The van der Waals surface area contributed by atoms with Crippen LogP contribution in [0, 0.1) is 0 Å². The highest BCUT2D eigenvalue weighted by atomic mass is 16.4. The van der Waals surface area contributed by atoms with Crippen molar-refractivity contribution >= 4 is 11.8 Å². The molecular formula is C12H15NO3. The smallest absolute Gasteiger partial charge is 0.411 e. The van der Waals surface area contributed by atoms with Crippen LogP contribution in [-0.2, 0) is 6.42 Å². The van der Waals surface area contributed by atoms with Gasteiger partial charge in [-0.15, -0.1) is 0 Å². The molecule has 1 unspecified atom stereocenters. The van der Waals surface area contributed by atoms with Crippen LogP contribution < -0.4 is 4.90 Å². The topological polar surface area (TPSA) is 60.8 Å². The number of aryl methyl sites for hydroxylation is 1. The van der Waals surface area contributed by atoms with Gasteiger partial charge in [0.05, 0.1) is 11.8 Å². The van der Waals surface area contributed by atoms with Crippen LogP contribution in [0.5, 0.6) is 0 Å². The first kappa shape index (κ1) is 11.0. The quantitative estimate of drug-likeness (QED) is 0.764. The molecule has 0 aromatic heterocycles. The summed E-state index contributed by atoms with van der Waals surface area (Å²) < 4.78 is 0. The Balaban J connectivity index is 2.47. The highest BCUT2D eigenvalue weighted by Crippen LogP contribution is 2.34. The zero-order valence-electron chi connectivity index (χ0n) is 9.18. The van der Waals surface area contributed by atoms with E-state index < -0.39 is 12.2 Å². The molecule has 1 aromatic carbocycles. The van der Waals surface area contributed by atoms with E-state index in [1.54, 1.807) is 6.07 Å². The van der Waals surface area contributed by atoms with Crippen LogP contribution in [-0.4, -0.2) is 22.9 Å². The molecule has 1 amide bonds. The van der Waals surface area contributed by atoms with E-state index in [2.05, 4.69) is 0 Å². The maximum absolute atomic E-state index is 11.0. The molecule has 2 N–H and O–H groups in total. The molecule has 0 bridgehead atoms. The van der Waals surface area contributed by atoms with Crippen molar-refractivity contribution in [2.75, 3.05) is 11.4 Å². The van der Waals surface area contributed by atoms with Crippen LogP contribution >= 0.6 is 0 Å². The zero-order chi connectivity index (χ0) is 11.7. The van der Waals surface area contributed by atoms with Gasteiger partial charge < -0.3 is 10.2 Å². The van der Waals surface area contributed by atoms with Gasteiger partial charge in [-0.25, -0.2) is 4.79 Å². The Bertz CT molecular complexity index is 417. The molecule has 0 saturated heterocycles. The number of carboxylic acid groups (broad SMARTS) is 1. The van der Waals surface area contributed by atoms with Crippen LogP contribution in [0.2, 0.25) is 0 Å². The van der Waals surface area contributed by atoms with Gasteiger partial charge in [0, 0.05) is 12.1 Å². The molecule has 1 atom stereocenters. The van der Waals surface area contributed by atoms with Gasteiger partial charge in [0.15, 0.2) is 0 Å². The first-order valence-electron chi connectivity index (χ1n) is 5.44. The number of aliphatic hydroxyl groups excluding tert-OH is 1. The van der Waals surface area contributed by atoms with Gasteiger partial charge in [-0.3, -0.25) is 4.90 Å². The summed E-state index contributed by atoms with van der Waals surface area (Å²) in [4.78, 5) is 12.3. The molecule has 16 heavy (non-hydrogen) atoms. The van der Waals surface area contributed by atoms with Crippen molar-refractivity contribution in [2.24, 2.45) is 0 Å². The number of rotatable bonds is 1. The average molecular weight is 221 g/mol. The van der Waals surface area contributed by atoms with Gasteiger partial charge in [0.2, 0.25) is 0 Å². The third-order valence-corrected chi connectivity index (χ3v) is 3.01. The van der Waals surface area contributed by atoms with E-state index in [1.165, 1.54) is 4.90 Å². The largest absolute Gasteiger partial charge is 0.465 e. The number of aliphatic hydroxyl groups is 1. The van der Waals surface area contributed by atoms with Crippen molar-refractivity contribution in [3.8, 4) is 0 Å². The molecule has 0 fully saturated rings. The predicted octanol–water partition coefficient (Wildman–Crippen LogP) is 2.17. The zero-order valence-corrected chi connectivity index (χ0v) is 9.18. The van der Waals surface area contributed by atoms with Crippen molar-refractivity contribution in [1.82, 2.24) is 0 Å². The van der Waals surface area contributed by atoms with Crippen LogP contribution in [0.25, 0.3) is 0 Å². The Morgan fingerprint density at radius 1 is 1.56 bits per heavy atom. The standard InChI is InChI=1S/C12H15NO3/c1-2-8-3-4-10-9(7-8)11(14)5-6-13(10)12(15)16/h3-4,7,11,14H,2,5-6H2,1H3,(H,15,16). The van der Waals surface area contributed by atoms with E-state index in [-0.39, 0.29) is 0 Å². The molecule has 1 heterocycles. The van der Waals surface area contributed by atoms with Gasteiger partial charge in [-0.05, 0) is 24.5 Å². The average Bonchev–Trinajstić information content (AvgIpc) is 2.29. The van der Waals surface area contributed by atoms with E-state index in [4.69, 9.17) is 5.11 Å². The third kappa shape index (κ3) is 1.76. The first-order valence-corrected chi connectivity index (χ1v) is 5.44. The molecule has 0 saturated carbocycles. The molecule has 1 aromatic rings. The lowest BCUT2D eigenvalue weighted by atomic mass is 9.96. The summed E-state index contributed by atoms with van der Waals surface area (Å²) in [6, 6.07) is 5.59. The van der Waals surface area contributed by atoms with Crippen molar-refractivity contribution in [3.05, 3.63) is 29.3 Å². The van der Waals surface area contributed by atoms with Crippen molar-refractivity contribution < 1.29 is 15.0 Å². The van der Waals surface area contributed by atoms with E-state index in [9.17, 15) is 9.90 Å². The second-order valence-corrected chi connectivity index (χ2v) is 3.99. The van der Waals surface area contributed by atoms with E-state index in [0.29, 0.717) is 18.7 Å². The molecule has 0 aliphatic carbocycles. The maximum Gasteiger partial charge on any atom is 0.411 e. The SMILES string of the molecule is CCc1ccc2c(c1)C(O)CCN2C(=O)O. The monoisotopic (exact) mass is 221 g/mol. The molecule has 4 heteroatoms. The third-order valence-electron chi connectivity index (χ3n) is 3.01. The number of carbonyl (C=O) groups is 1. The minimum absolute atomic E-state index is 0.356. The summed E-state index contributed by atoms with van der Waals surface area (Å²) in [7, 11) is 0. The van der Waals surface area contributed by atoms with Gasteiger partial charge in [0.25, 0.3) is 0 Å². The maximum atomic E-state index is 11.0. The van der Waals surface area contributed by atoms with Gasteiger partial charge in [0.1, 0.15) is 0 Å². The number of hydrogen-bond donors (Lipinski definition) is 2. The molecule has 1 aliphatic rings. The van der Waals surface area contributed by atoms with Gasteiger partial charge in [-0.2, -0.15) is 0 Å². The fraction of sp³-hybridized carbons (Fsp3) is 0.417. The van der Waals surface area contributed by atoms with Crippen molar-refractivity contribution in [1.29, 1.82) is 0 Å². The summed E-state index contributed by atoms with van der Waals surface area (Å²) in [5.74, 6) is 0. The van der Waals surface area contributed by atoms with Crippen LogP contribution in [0.1, 0.15) is 30.6 Å². The highest BCUT2D eigenvalue weighted by molar-refractivity contribution is 5.88. The molecule has 86 valence electrons. The van der Waals surface area contributed by atoms with E-state index >= 15 is 0 Å². The fourth-order valence-electron chi connectivity index (χ4n) is 2.06. The summed E-state index contributed by atoms with van der Waals surface area (Å²) >= 11 is 0. The summed E-state index contributed by atoms with van der Waals surface area (Å²) in [6.45, 7) is 2.39. The Kier molecular flexibility index (Phi) is 2.83. The summed E-state index contributed by atoms with van der Waals surface area (Å²) in [5, 5.41) is 18.9. The minimum atomic E-state index is -0.961. The Morgan fingerprint density at radius 2 is 2.31 bits per heavy atom. The lowest BCUT2D eigenvalue weighted by Crippen LogP contribution is -2.35. The van der Waals surface area contributed by atoms with Crippen LogP contribution in [0.15, 0.2) is 18.2 Å².